The van der Waals surface area contributed by atoms with Crippen LogP contribution in [0.5, 0.6) is 0 Å². The smallest absolute Gasteiger partial charge is 0.163 e. The van der Waals surface area contributed by atoms with Crippen molar-refractivity contribution in [1.29, 1.82) is 0 Å². The van der Waals surface area contributed by atoms with Crippen LogP contribution >= 0.6 is 0 Å². The van der Waals surface area contributed by atoms with Crippen LogP contribution in [0.15, 0.2) is 479 Å². The standard InChI is InChI=1S/C27H18N2.C23H18N2.2C22H17N3.C17H14N2.C16H13N3/c1-17-28-26-13-7-6-12-24(26)27(29-17)18-14-15-23-21-10-3-2-8-19(21)20-9-4-5-11-22(20)25(23)16-18;1-17-24-22(19-11-6-3-7-12-19)16-23(25-17)21-14-8-13-20(15-21)18-9-4-2-5-10-18;1-16-23-21(18-11-6-3-7-12-18)25-22(24-16)20-14-8-13-19(15-20)17-9-4-2-5-10-17;1-16-23-21(19-10-6-3-7-11-19)25-22(24-16)20-14-12-18(13-15-20)17-8-4-2-5-9-17;1-13-18-16(14-8-4-2-5-9-14)12-17(19-13)15-10-6-3-7-11-15;1-12-17-15(13-8-4-2-5-9-13)19-16(18-12)14-10-6-3-7-11-14/h2-16H,1H3;2-16H,1H3;2*2-15H,1H3;2-12H,1H3;2-11H,1H3. The van der Waals surface area contributed by atoms with Gasteiger partial charge in [-0.1, -0.05) is 443 Å². The Hall–Kier alpha value is -18.7. The fourth-order valence-corrected chi connectivity index (χ4v) is 17.0. The first-order chi connectivity index (χ1) is 69.8. The van der Waals surface area contributed by atoms with E-state index in [2.05, 4.69) is 306 Å². The van der Waals surface area contributed by atoms with Crippen LogP contribution in [-0.2, 0) is 0 Å². The van der Waals surface area contributed by atoms with Crippen LogP contribution in [0, 0.1) is 41.5 Å². The van der Waals surface area contributed by atoms with Gasteiger partial charge in [0.1, 0.15) is 34.9 Å². The van der Waals surface area contributed by atoms with Crippen LogP contribution in [0.25, 0.3) is 201 Å². The zero-order valence-electron chi connectivity index (χ0n) is 79.3. The lowest BCUT2D eigenvalue weighted by Crippen LogP contribution is -1.99. The summed E-state index contributed by atoms with van der Waals surface area (Å²) in [7, 11) is 0. The average molecular weight is 1830 g/mol. The Balaban J connectivity index is 0.000000109. The number of aryl methyl sites for hydroxylation is 6. The molecule has 0 saturated carbocycles. The highest BCUT2D eigenvalue weighted by Gasteiger charge is 2.18. The zero-order chi connectivity index (χ0) is 96.7. The maximum Gasteiger partial charge on any atom is 0.163 e. The van der Waals surface area contributed by atoms with Crippen LogP contribution in [-0.4, -0.2) is 74.8 Å². The van der Waals surface area contributed by atoms with E-state index in [4.69, 9.17) is 4.98 Å². The van der Waals surface area contributed by atoms with Gasteiger partial charge in [0.05, 0.1) is 34.0 Å². The van der Waals surface area contributed by atoms with Crippen LogP contribution in [0.2, 0.25) is 0 Å². The number of aromatic nitrogens is 15. The molecular weight excluding hydrogens is 1740 g/mol. The molecule has 0 N–H and O–H groups in total. The third-order valence-electron chi connectivity index (χ3n) is 23.7. The molecule has 0 spiro atoms. The molecule has 0 aliphatic heterocycles. The normalized spacial score (nSPS) is 10.7. The van der Waals surface area contributed by atoms with Crippen LogP contribution in [0.4, 0.5) is 0 Å². The Morgan fingerprint density at radius 1 is 0.113 bits per heavy atom. The second kappa shape index (κ2) is 44.4. The van der Waals surface area contributed by atoms with E-state index in [9.17, 15) is 0 Å². The quantitative estimate of drug-likeness (QED) is 0.0933. The summed E-state index contributed by atoms with van der Waals surface area (Å²) in [4.78, 5) is 68.4. The Bertz CT molecular complexity index is 7970. The third-order valence-corrected chi connectivity index (χ3v) is 23.7. The lowest BCUT2D eigenvalue weighted by atomic mass is 9.92. The van der Waals surface area contributed by atoms with Crippen molar-refractivity contribution >= 4 is 43.2 Å². The number of hydrogen-bond acceptors (Lipinski definition) is 15. The third kappa shape index (κ3) is 22.8. The summed E-state index contributed by atoms with van der Waals surface area (Å²) in [5.41, 5.74) is 24.5. The Kier molecular flexibility index (Phi) is 28.9. The molecule has 0 unspecified atom stereocenters. The lowest BCUT2D eigenvalue weighted by molar-refractivity contribution is 0.991. The van der Waals surface area contributed by atoms with E-state index in [-0.39, 0.29) is 0 Å². The highest BCUT2D eigenvalue weighted by Crippen LogP contribution is 2.40. The monoisotopic (exact) mass is 1830 g/mol. The maximum absolute atomic E-state index is 4.81. The Morgan fingerprint density at radius 3 is 0.690 bits per heavy atom. The van der Waals surface area contributed by atoms with Crippen molar-refractivity contribution < 1.29 is 0 Å². The minimum Gasteiger partial charge on any atom is -0.233 e. The fourth-order valence-electron chi connectivity index (χ4n) is 17.0. The summed E-state index contributed by atoms with van der Waals surface area (Å²) in [5.74, 6) is 8.76. The first-order valence-corrected chi connectivity index (χ1v) is 47.2. The second-order valence-electron chi connectivity index (χ2n) is 33.8. The summed E-state index contributed by atoms with van der Waals surface area (Å²) in [6.07, 6.45) is 0. The highest BCUT2D eigenvalue weighted by molar-refractivity contribution is 6.26. The SMILES string of the molecule is Cc1nc(-c2ccc3c4ccccc4c4ccccc4c3c2)c2ccccc2n1.Cc1nc(-c2ccccc2)cc(-c2cccc(-c3ccccc3)c2)n1.Cc1nc(-c2ccccc2)cc(-c2ccccc2)n1.Cc1nc(-c2ccccc2)nc(-c2ccc(-c3ccccc3)cc2)n1.Cc1nc(-c2ccccc2)nc(-c2cccc(-c3ccccc3)c2)n1.Cc1nc(-c2ccccc2)nc(-c2ccccc2)n1. The number of fused-ring (bicyclic) bond motifs is 7. The van der Waals surface area contributed by atoms with Gasteiger partial charge in [-0.3, -0.25) is 0 Å². The molecule has 0 saturated heterocycles. The predicted octanol–water partition coefficient (Wildman–Crippen LogP) is 30.8. The molecule has 6 aromatic heterocycles. The van der Waals surface area contributed by atoms with Crippen molar-refractivity contribution in [2.45, 2.75) is 41.5 Å². The van der Waals surface area contributed by atoms with Gasteiger partial charge in [0.15, 0.2) is 34.9 Å². The van der Waals surface area contributed by atoms with Gasteiger partial charge in [0, 0.05) is 66.6 Å². The van der Waals surface area contributed by atoms with Gasteiger partial charge in [0.2, 0.25) is 0 Å². The second-order valence-corrected chi connectivity index (χ2v) is 33.8. The highest BCUT2D eigenvalue weighted by atomic mass is 15.0. The van der Waals surface area contributed by atoms with E-state index in [1.54, 1.807) is 0 Å². The van der Waals surface area contributed by atoms with Gasteiger partial charge in [-0.15, -0.1) is 0 Å². The molecule has 0 radical (unpaired) electrons. The summed E-state index contributed by atoms with van der Waals surface area (Å²) in [5, 5.41) is 8.77. The molecule has 15 heteroatoms. The van der Waals surface area contributed by atoms with E-state index in [0.717, 1.165) is 135 Å². The molecule has 6 heterocycles. The largest absolute Gasteiger partial charge is 0.233 e. The molecule has 15 nitrogen and oxygen atoms in total. The average Bonchev–Trinajstić information content (AvgIpc) is 0.737. The van der Waals surface area contributed by atoms with Crippen molar-refractivity contribution in [3.63, 3.8) is 0 Å². The Labute approximate surface area is 826 Å². The van der Waals surface area contributed by atoms with Crippen LogP contribution in [0.3, 0.4) is 0 Å². The van der Waals surface area contributed by atoms with Crippen molar-refractivity contribution in [2.75, 3.05) is 0 Å². The molecule has 0 amide bonds. The number of rotatable bonds is 14. The van der Waals surface area contributed by atoms with Gasteiger partial charge in [-0.05, 0) is 144 Å². The molecule has 680 valence electrons. The van der Waals surface area contributed by atoms with E-state index >= 15 is 0 Å². The van der Waals surface area contributed by atoms with Gasteiger partial charge in [0.25, 0.3) is 0 Å². The number of para-hydroxylation sites is 1. The van der Waals surface area contributed by atoms with E-state index in [1.165, 1.54) is 60.1 Å². The first kappa shape index (κ1) is 92.3. The fraction of sp³-hybridized carbons (Fsp3) is 0.0472. The number of nitrogens with zero attached hydrogens (tertiary/aromatic N) is 15. The molecule has 142 heavy (non-hydrogen) atoms. The minimum atomic E-state index is 0.698. The first-order valence-electron chi connectivity index (χ1n) is 47.2. The molecule has 0 aliphatic carbocycles. The molecule has 18 aromatic carbocycles. The van der Waals surface area contributed by atoms with Gasteiger partial charge in [-0.25, -0.2) is 74.8 Å². The summed E-state index contributed by atoms with van der Waals surface area (Å²) < 4.78 is 0. The van der Waals surface area contributed by atoms with Crippen LogP contribution < -0.4 is 0 Å². The summed E-state index contributed by atoms with van der Waals surface area (Å²) in [6.45, 7) is 11.5. The van der Waals surface area contributed by atoms with Crippen molar-refractivity contribution in [1.82, 2.24) is 74.8 Å². The molecule has 0 atom stereocenters. The van der Waals surface area contributed by atoms with Crippen molar-refractivity contribution in [3.05, 3.63) is 514 Å². The van der Waals surface area contributed by atoms with Gasteiger partial charge < -0.3 is 0 Å². The Morgan fingerprint density at radius 2 is 0.331 bits per heavy atom. The molecule has 0 aliphatic rings. The van der Waals surface area contributed by atoms with E-state index in [0.29, 0.717) is 40.8 Å². The van der Waals surface area contributed by atoms with Gasteiger partial charge >= 0.3 is 0 Å². The summed E-state index contributed by atoms with van der Waals surface area (Å²) >= 11 is 0. The minimum absolute atomic E-state index is 0.698. The zero-order valence-corrected chi connectivity index (χ0v) is 79.3. The predicted molar refractivity (Wildman–Crippen MR) is 580 cm³/mol. The number of hydrogen-bond donors (Lipinski definition) is 0. The molecule has 0 bridgehead atoms. The van der Waals surface area contributed by atoms with E-state index < -0.39 is 0 Å². The molecule has 24 rings (SSSR count). The molecule has 24 aromatic rings. The summed E-state index contributed by atoms with van der Waals surface area (Å²) in [6, 6.07) is 163. The maximum atomic E-state index is 4.81. The van der Waals surface area contributed by atoms with Gasteiger partial charge in [-0.2, -0.15) is 0 Å². The molecule has 0 fully saturated rings. The van der Waals surface area contributed by atoms with Crippen molar-refractivity contribution in [3.8, 4) is 158 Å². The van der Waals surface area contributed by atoms with Crippen LogP contribution in [0.1, 0.15) is 34.9 Å². The van der Waals surface area contributed by atoms with Crippen molar-refractivity contribution in [2.24, 2.45) is 0 Å². The van der Waals surface area contributed by atoms with E-state index in [1.807, 2.05) is 284 Å². The topological polar surface area (TPSA) is 193 Å². The molecular formula is C127H97N15. The lowest BCUT2D eigenvalue weighted by Gasteiger charge is -2.12. The number of benzene rings is 18.